The standard InChI is InChI=1S/C3H2F3NO3/c4-3(5,6)1-7-10-2(8)9-1/h1,7H. The molecule has 1 aliphatic heterocycles. The minimum atomic E-state index is -4.62. The van der Waals surface area contributed by atoms with Gasteiger partial charge in [0.25, 0.3) is 6.23 Å². The summed E-state index contributed by atoms with van der Waals surface area (Å²) in [5.41, 5.74) is 1.35. The monoisotopic (exact) mass is 157 g/mol. The predicted molar refractivity (Wildman–Crippen MR) is 20.5 cm³/mol. The lowest BCUT2D eigenvalue weighted by Crippen LogP contribution is -2.37. The van der Waals surface area contributed by atoms with E-state index in [0.717, 1.165) is 0 Å². The normalized spacial score (nSPS) is 25.9. The summed E-state index contributed by atoms with van der Waals surface area (Å²) in [5.74, 6) is 0. The number of hydroxylamine groups is 1. The fourth-order valence-corrected chi connectivity index (χ4v) is 0.380. The van der Waals surface area contributed by atoms with Gasteiger partial charge in [0, 0.05) is 0 Å². The van der Waals surface area contributed by atoms with Gasteiger partial charge in [-0.3, -0.25) is 0 Å². The Kier molecular flexibility index (Phi) is 1.43. The first-order chi connectivity index (χ1) is 4.50. The molecule has 1 aliphatic rings. The largest absolute Gasteiger partial charge is 0.529 e. The molecule has 0 bridgehead atoms. The molecule has 58 valence electrons. The smallest absolute Gasteiger partial charge is 0.401 e. The summed E-state index contributed by atoms with van der Waals surface area (Å²) in [6.45, 7) is 0. The fraction of sp³-hybridized carbons (Fsp3) is 0.667. The molecule has 0 amide bonds. The Morgan fingerprint density at radius 1 is 1.50 bits per heavy atom. The minimum Gasteiger partial charge on any atom is -0.401 e. The number of hydrogen-bond donors (Lipinski definition) is 1. The van der Waals surface area contributed by atoms with Gasteiger partial charge in [0.2, 0.25) is 0 Å². The summed E-state index contributed by atoms with van der Waals surface area (Å²) >= 11 is 0. The molecule has 0 radical (unpaired) electrons. The second-order valence-corrected chi connectivity index (χ2v) is 1.51. The van der Waals surface area contributed by atoms with E-state index in [9.17, 15) is 18.0 Å². The van der Waals surface area contributed by atoms with Crippen molar-refractivity contribution >= 4 is 6.16 Å². The van der Waals surface area contributed by atoms with Gasteiger partial charge in [0.05, 0.1) is 0 Å². The van der Waals surface area contributed by atoms with E-state index in [1.165, 1.54) is 5.48 Å². The van der Waals surface area contributed by atoms with Gasteiger partial charge in [-0.1, -0.05) is 0 Å². The lowest BCUT2D eigenvalue weighted by Gasteiger charge is -2.09. The SMILES string of the molecule is O=C1ONC(C(F)(F)F)O1. The van der Waals surface area contributed by atoms with E-state index in [4.69, 9.17) is 0 Å². The van der Waals surface area contributed by atoms with Crippen LogP contribution in [0.3, 0.4) is 0 Å². The molecule has 0 aromatic carbocycles. The Morgan fingerprint density at radius 2 is 2.10 bits per heavy atom. The summed E-state index contributed by atoms with van der Waals surface area (Å²) in [5, 5.41) is 0. The van der Waals surface area contributed by atoms with Gasteiger partial charge in [-0.2, -0.15) is 13.2 Å². The van der Waals surface area contributed by atoms with Gasteiger partial charge in [-0.15, -0.1) is 5.48 Å². The molecule has 1 rings (SSSR count). The van der Waals surface area contributed by atoms with Gasteiger partial charge in [0.15, 0.2) is 0 Å². The summed E-state index contributed by atoms with van der Waals surface area (Å²) < 4.78 is 38.2. The van der Waals surface area contributed by atoms with Crippen molar-refractivity contribution in [2.75, 3.05) is 0 Å². The van der Waals surface area contributed by atoms with Crippen LogP contribution >= 0.6 is 0 Å². The third kappa shape index (κ3) is 1.29. The number of ether oxygens (including phenoxy) is 1. The van der Waals surface area contributed by atoms with E-state index in [-0.39, 0.29) is 0 Å². The molecular weight excluding hydrogens is 155 g/mol. The molecule has 7 heteroatoms. The van der Waals surface area contributed by atoms with Crippen molar-refractivity contribution in [1.82, 2.24) is 5.48 Å². The molecule has 0 aliphatic carbocycles. The third-order valence-electron chi connectivity index (χ3n) is 0.761. The molecule has 1 heterocycles. The number of nitrogens with one attached hydrogen (secondary N) is 1. The van der Waals surface area contributed by atoms with Crippen LogP contribution in [0.2, 0.25) is 0 Å². The van der Waals surface area contributed by atoms with Crippen molar-refractivity contribution in [3.8, 4) is 0 Å². The molecule has 1 atom stereocenters. The molecule has 1 saturated heterocycles. The van der Waals surface area contributed by atoms with Crippen LogP contribution in [-0.4, -0.2) is 18.6 Å². The number of cyclic esters (lactones) is 1. The summed E-state index contributed by atoms with van der Waals surface area (Å²) in [6, 6.07) is 0. The molecule has 1 fully saturated rings. The molecule has 10 heavy (non-hydrogen) atoms. The second kappa shape index (κ2) is 2.01. The highest BCUT2D eigenvalue weighted by atomic mass is 19.4. The van der Waals surface area contributed by atoms with Crippen LogP contribution in [0.5, 0.6) is 0 Å². The highest BCUT2D eigenvalue weighted by molar-refractivity contribution is 5.61. The fourth-order valence-electron chi connectivity index (χ4n) is 0.380. The van der Waals surface area contributed by atoms with E-state index in [0.29, 0.717) is 0 Å². The molecule has 0 aromatic heterocycles. The number of rotatable bonds is 0. The van der Waals surface area contributed by atoms with Crippen LogP contribution in [0.15, 0.2) is 0 Å². The number of halogens is 3. The highest BCUT2D eigenvalue weighted by Gasteiger charge is 2.47. The number of alkyl halides is 3. The Morgan fingerprint density at radius 3 is 2.30 bits per heavy atom. The van der Waals surface area contributed by atoms with Crippen LogP contribution in [0.4, 0.5) is 18.0 Å². The zero-order valence-electron chi connectivity index (χ0n) is 4.44. The maximum Gasteiger partial charge on any atom is 0.529 e. The minimum absolute atomic E-state index is 1.35. The van der Waals surface area contributed by atoms with E-state index in [1.807, 2.05) is 0 Å². The van der Waals surface area contributed by atoms with Gasteiger partial charge < -0.3 is 9.57 Å². The van der Waals surface area contributed by atoms with E-state index >= 15 is 0 Å². The maximum absolute atomic E-state index is 11.5. The first kappa shape index (κ1) is 7.13. The van der Waals surface area contributed by atoms with Gasteiger partial charge in [-0.05, 0) is 0 Å². The van der Waals surface area contributed by atoms with Crippen LogP contribution in [0.25, 0.3) is 0 Å². The molecule has 0 saturated carbocycles. The third-order valence-corrected chi connectivity index (χ3v) is 0.761. The Hall–Kier alpha value is -0.980. The molecule has 1 N–H and O–H groups in total. The molecular formula is C3H2F3NO3. The van der Waals surface area contributed by atoms with Crippen molar-refractivity contribution in [3.63, 3.8) is 0 Å². The van der Waals surface area contributed by atoms with Gasteiger partial charge in [-0.25, -0.2) is 4.79 Å². The van der Waals surface area contributed by atoms with Gasteiger partial charge in [0.1, 0.15) is 0 Å². The molecule has 1 unspecified atom stereocenters. The highest BCUT2D eigenvalue weighted by Crippen LogP contribution is 2.23. The Balaban J connectivity index is 2.53. The lowest BCUT2D eigenvalue weighted by molar-refractivity contribution is -0.208. The van der Waals surface area contributed by atoms with Crippen molar-refractivity contribution in [3.05, 3.63) is 0 Å². The van der Waals surface area contributed by atoms with Crippen molar-refractivity contribution in [1.29, 1.82) is 0 Å². The van der Waals surface area contributed by atoms with Crippen molar-refractivity contribution in [2.45, 2.75) is 12.4 Å². The number of hydrogen-bond acceptors (Lipinski definition) is 4. The van der Waals surface area contributed by atoms with Crippen molar-refractivity contribution < 1.29 is 27.5 Å². The average Bonchev–Trinajstić information content (AvgIpc) is 2.11. The molecule has 0 spiro atoms. The van der Waals surface area contributed by atoms with Crippen LogP contribution < -0.4 is 5.48 Å². The van der Waals surface area contributed by atoms with Crippen LogP contribution in [0, 0.1) is 0 Å². The van der Waals surface area contributed by atoms with Crippen LogP contribution in [-0.2, 0) is 9.57 Å². The number of carbonyl (C=O) groups excluding carboxylic acids is 1. The second-order valence-electron chi connectivity index (χ2n) is 1.51. The van der Waals surface area contributed by atoms with Crippen LogP contribution in [0.1, 0.15) is 0 Å². The maximum atomic E-state index is 11.5. The van der Waals surface area contributed by atoms with Gasteiger partial charge >= 0.3 is 12.3 Å². The van der Waals surface area contributed by atoms with E-state index < -0.39 is 18.6 Å². The quantitative estimate of drug-likeness (QED) is 0.521. The number of carbonyl (C=O) groups is 1. The Labute approximate surface area is 52.9 Å². The zero-order valence-corrected chi connectivity index (χ0v) is 4.44. The average molecular weight is 157 g/mol. The van der Waals surface area contributed by atoms with Crippen molar-refractivity contribution in [2.24, 2.45) is 0 Å². The summed E-state index contributed by atoms with van der Waals surface area (Å²) in [7, 11) is 0. The predicted octanol–water partition coefficient (Wildman–Crippen LogP) is 0.546. The molecule has 4 nitrogen and oxygen atoms in total. The van der Waals surface area contributed by atoms with E-state index in [2.05, 4.69) is 9.57 Å². The Bertz CT molecular complexity index is 156. The molecule has 0 aromatic rings. The lowest BCUT2D eigenvalue weighted by atomic mass is 10.6. The zero-order chi connectivity index (χ0) is 7.78. The first-order valence-electron chi connectivity index (χ1n) is 2.20. The summed E-state index contributed by atoms with van der Waals surface area (Å²) in [6.07, 6.45) is -8.33. The topological polar surface area (TPSA) is 47.6 Å². The van der Waals surface area contributed by atoms with E-state index in [1.54, 1.807) is 0 Å². The summed E-state index contributed by atoms with van der Waals surface area (Å²) in [4.78, 5) is 13.6. The first-order valence-corrected chi connectivity index (χ1v) is 2.20.